The SMILES string of the molecule is CCOC(=O)c1cc(C[C@H](NC(=O)OC(C)(C)C)C(=O)OCc2ccccc2)cc(C(=O)OCC)n1. The highest BCUT2D eigenvalue weighted by Crippen LogP contribution is 2.14. The highest BCUT2D eigenvalue weighted by atomic mass is 16.6. The summed E-state index contributed by atoms with van der Waals surface area (Å²) in [6.45, 7) is 8.54. The van der Waals surface area contributed by atoms with E-state index in [4.69, 9.17) is 18.9 Å². The van der Waals surface area contributed by atoms with Crippen molar-refractivity contribution in [1.82, 2.24) is 10.3 Å². The molecule has 0 bridgehead atoms. The molecule has 1 aromatic heterocycles. The number of rotatable bonds is 10. The predicted molar refractivity (Wildman–Crippen MR) is 129 cm³/mol. The molecule has 0 saturated carbocycles. The zero-order valence-electron chi connectivity index (χ0n) is 21.2. The van der Waals surface area contributed by atoms with Crippen LogP contribution in [0.15, 0.2) is 42.5 Å². The fourth-order valence-corrected chi connectivity index (χ4v) is 3.03. The lowest BCUT2D eigenvalue weighted by Crippen LogP contribution is -2.45. The average Bonchev–Trinajstić information content (AvgIpc) is 2.81. The van der Waals surface area contributed by atoms with Gasteiger partial charge in [0, 0.05) is 6.42 Å². The third-order valence-electron chi connectivity index (χ3n) is 4.49. The van der Waals surface area contributed by atoms with Gasteiger partial charge in [0.1, 0.15) is 29.6 Å². The Bertz CT molecular complexity index is 1030. The third-order valence-corrected chi connectivity index (χ3v) is 4.49. The largest absolute Gasteiger partial charge is 0.461 e. The number of nitrogens with one attached hydrogen (secondary N) is 1. The van der Waals surface area contributed by atoms with Crippen molar-refractivity contribution >= 4 is 24.0 Å². The number of hydrogen-bond acceptors (Lipinski definition) is 9. The summed E-state index contributed by atoms with van der Waals surface area (Å²) in [4.78, 5) is 54.1. The number of benzene rings is 1. The first-order valence-electron chi connectivity index (χ1n) is 11.6. The van der Waals surface area contributed by atoms with Crippen molar-refractivity contribution in [2.75, 3.05) is 13.2 Å². The van der Waals surface area contributed by atoms with Crippen LogP contribution in [0, 0.1) is 0 Å². The monoisotopic (exact) mass is 500 g/mol. The molecule has 10 nitrogen and oxygen atoms in total. The molecule has 0 saturated heterocycles. The van der Waals surface area contributed by atoms with Crippen molar-refractivity contribution < 1.29 is 38.1 Å². The average molecular weight is 501 g/mol. The molecule has 0 radical (unpaired) electrons. The molecule has 0 aliphatic rings. The molecule has 1 heterocycles. The van der Waals surface area contributed by atoms with Gasteiger partial charge >= 0.3 is 24.0 Å². The lowest BCUT2D eigenvalue weighted by atomic mass is 10.0. The molecule has 10 heteroatoms. The zero-order chi connectivity index (χ0) is 26.7. The van der Waals surface area contributed by atoms with Crippen molar-refractivity contribution in [3.8, 4) is 0 Å². The van der Waals surface area contributed by atoms with Crippen molar-refractivity contribution in [2.45, 2.75) is 59.3 Å². The summed E-state index contributed by atoms with van der Waals surface area (Å²) in [5.74, 6) is -2.21. The van der Waals surface area contributed by atoms with E-state index in [1.54, 1.807) is 46.8 Å². The van der Waals surface area contributed by atoms with Crippen molar-refractivity contribution in [1.29, 1.82) is 0 Å². The maximum Gasteiger partial charge on any atom is 0.408 e. The Morgan fingerprint density at radius 3 is 1.92 bits per heavy atom. The normalized spacial score (nSPS) is 11.7. The maximum atomic E-state index is 13.0. The zero-order valence-corrected chi connectivity index (χ0v) is 21.2. The van der Waals surface area contributed by atoms with Gasteiger partial charge in [0.25, 0.3) is 0 Å². The Morgan fingerprint density at radius 2 is 1.42 bits per heavy atom. The number of ether oxygens (including phenoxy) is 4. The van der Waals surface area contributed by atoms with Gasteiger partial charge in [-0.25, -0.2) is 24.2 Å². The Labute approximate surface area is 210 Å². The number of pyridine rings is 1. The second kappa shape index (κ2) is 13.2. The summed E-state index contributed by atoms with van der Waals surface area (Å²) < 4.78 is 20.7. The van der Waals surface area contributed by atoms with Crippen LogP contribution in [0.4, 0.5) is 4.79 Å². The number of hydrogen-bond donors (Lipinski definition) is 1. The number of nitrogens with zero attached hydrogens (tertiary/aromatic N) is 1. The van der Waals surface area contributed by atoms with E-state index in [0.717, 1.165) is 5.56 Å². The summed E-state index contributed by atoms with van der Waals surface area (Å²) >= 11 is 0. The summed E-state index contributed by atoms with van der Waals surface area (Å²) in [5, 5.41) is 2.52. The van der Waals surface area contributed by atoms with E-state index in [1.807, 2.05) is 18.2 Å². The second-order valence-corrected chi connectivity index (χ2v) is 8.68. The summed E-state index contributed by atoms with van der Waals surface area (Å²) in [6.07, 6.45) is -0.941. The van der Waals surface area contributed by atoms with E-state index in [1.165, 1.54) is 12.1 Å². The number of alkyl carbamates (subject to hydrolysis) is 1. The first kappa shape index (κ1) is 28.3. The van der Waals surface area contributed by atoms with E-state index < -0.39 is 35.6 Å². The lowest BCUT2D eigenvalue weighted by Gasteiger charge is -2.23. The molecule has 36 heavy (non-hydrogen) atoms. The van der Waals surface area contributed by atoms with Crippen LogP contribution in [-0.2, 0) is 36.8 Å². The van der Waals surface area contributed by atoms with Gasteiger partial charge in [0.15, 0.2) is 0 Å². The van der Waals surface area contributed by atoms with Crippen molar-refractivity contribution in [3.63, 3.8) is 0 Å². The molecule has 1 aromatic carbocycles. The van der Waals surface area contributed by atoms with E-state index in [2.05, 4.69) is 10.3 Å². The quantitative estimate of drug-likeness (QED) is 0.384. The van der Waals surface area contributed by atoms with E-state index in [0.29, 0.717) is 5.56 Å². The molecule has 0 aliphatic heterocycles. The number of carbonyl (C=O) groups is 4. The van der Waals surface area contributed by atoms with Gasteiger partial charge in [-0.15, -0.1) is 0 Å². The van der Waals surface area contributed by atoms with Crippen LogP contribution in [0.25, 0.3) is 0 Å². The van der Waals surface area contributed by atoms with Crippen molar-refractivity contribution in [3.05, 3.63) is 65.0 Å². The van der Waals surface area contributed by atoms with E-state index >= 15 is 0 Å². The van der Waals surface area contributed by atoms with Crippen LogP contribution in [-0.4, -0.2) is 53.8 Å². The molecule has 2 rings (SSSR count). The Morgan fingerprint density at radius 1 is 0.861 bits per heavy atom. The summed E-state index contributed by atoms with van der Waals surface area (Å²) in [5.41, 5.74) is 0.0545. The van der Waals surface area contributed by atoms with Crippen LogP contribution >= 0.6 is 0 Å². The Kier molecular flexibility index (Phi) is 10.4. The summed E-state index contributed by atoms with van der Waals surface area (Å²) in [7, 11) is 0. The molecule has 2 aromatic rings. The molecule has 0 aliphatic carbocycles. The molecule has 0 spiro atoms. The fraction of sp³-hybridized carbons (Fsp3) is 0.423. The molecule has 194 valence electrons. The van der Waals surface area contributed by atoms with Gasteiger partial charge in [0.05, 0.1) is 13.2 Å². The third kappa shape index (κ3) is 9.36. The van der Waals surface area contributed by atoms with Crippen LogP contribution in [0.5, 0.6) is 0 Å². The minimum absolute atomic E-state index is 0.00926. The molecular weight excluding hydrogens is 468 g/mol. The number of aromatic nitrogens is 1. The van der Waals surface area contributed by atoms with E-state index in [-0.39, 0.29) is 37.6 Å². The molecule has 1 amide bonds. The minimum Gasteiger partial charge on any atom is -0.461 e. The van der Waals surface area contributed by atoms with Gasteiger partial charge < -0.3 is 24.3 Å². The van der Waals surface area contributed by atoms with E-state index in [9.17, 15) is 19.2 Å². The number of amides is 1. The van der Waals surface area contributed by atoms with Gasteiger partial charge in [-0.05, 0) is 57.9 Å². The maximum absolute atomic E-state index is 13.0. The molecule has 0 unspecified atom stereocenters. The summed E-state index contributed by atoms with van der Waals surface area (Å²) in [6, 6.07) is 10.6. The van der Waals surface area contributed by atoms with Crippen LogP contribution in [0.1, 0.15) is 66.7 Å². The first-order valence-corrected chi connectivity index (χ1v) is 11.6. The second-order valence-electron chi connectivity index (χ2n) is 8.68. The Balaban J connectivity index is 2.34. The van der Waals surface area contributed by atoms with Crippen LogP contribution < -0.4 is 5.32 Å². The Hall–Kier alpha value is -3.95. The van der Waals surface area contributed by atoms with Crippen LogP contribution in [0.2, 0.25) is 0 Å². The highest BCUT2D eigenvalue weighted by Gasteiger charge is 2.27. The smallest absolute Gasteiger partial charge is 0.408 e. The van der Waals surface area contributed by atoms with Gasteiger partial charge in [-0.3, -0.25) is 0 Å². The van der Waals surface area contributed by atoms with Crippen molar-refractivity contribution in [2.24, 2.45) is 0 Å². The minimum atomic E-state index is -1.18. The first-order chi connectivity index (χ1) is 17.0. The topological polar surface area (TPSA) is 130 Å². The number of esters is 3. The predicted octanol–water partition coefficient (Wildman–Crippen LogP) is 3.61. The van der Waals surface area contributed by atoms with Gasteiger partial charge in [-0.2, -0.15) is 0 Å². The standard InChI is InChI=1S/C26H32N2O8/c1-6-33-22(29)19-13-18(14-20(27-19)23(30)34-7-2)15-21(28-25(32)36-26(3,4)5)24(31)35-16-17-11-9-8-10-12-17/h8-14,21H,6-7,15-16H2,1-5H3,(H,28,32)/t21-/m0/s1. The molecule has 1 N–H and O–H groups in total. The molecule has 0 fully saturated rings. The van der Waals surface area contributed by atoms with Gasteiger partial charge in [-0.1, -0.05) is 30.3 Å². The molecule has 1 atom stereocenters. The fourth-order valence-electron chi connectivity index (χ4n) is 3.03. The van der Waals surface area contributed by atoms with Gasteiger partial charge in [0.2, 0.25) is 0 Å². The highest BCUT2D eigenvalue weighted by molar-refractivity contribution is 5.92. The number of carbonyl (C=O) groups excluding carboxylic acids is 4. The van der Waals surface area contributed by atoms with Crippen LogP contribution in [0.3, 0.4) is 0 Å². The lowest BCUT2D eigenvalue weighted by molar-refractivity contribution is -0.147. The molecular formula is C26H32N2O8.